The topological polar surface area (TPSA) is 102 Å². The zero-order valence-electron chi connectivity index (χ0n) is 14.7. The Bertz CT molecular complexity index is 1100. The van der Waals surface area contributed by atoms with E-state index in [1.165, 1.54) is 24.3 Å². The van der Waals surface area contributed by atoms with Crippen LogP contribution in [0.3, 0.4) is 0 Å². The molecule has 0 aliphatic carbocycles. The summed E-state index contributed by atoms with van der Waals surface area (Å²) in [5.41, 5.74) is -0.369. The Balaban J connectivity index is 1.61. The van der Waals surface area contributed by atoms with Gasteiger partial charge in [0, 0.05) is 6.54 Å². The molecule has 152 valence electrons. The van der Waals surface area contributed by atoms with Gasteiger partial charge in [-0.25, -0.2) is 8.42 Å². The van der Waals surface area contributed by atoms with Crippen LogP contribution >= 0.6 is 0 Å². The van der Waals surface area contributed by atoms with E-state index >= 15 is 0 Å². The standard InChI is InChI=1S/C18H14F3N3O4S/c19-18(20,21)13-8-6-12(7-9-13)10-22-16(25)17-23-15(24-28-17)11-29(26,27)14-4-2-1-3-5-14/h1-9H,10-11H2,(H,22,25). The van der Waals surface area contributed by atoms with Crippen LogP contribution in [0.1, 0.15) is 27.6 Å². The first-order valence-corrected chi connectivity index (χ1v) is 9.85. The molecule has 2 aromatic carbocycles. The van der Waals surface area contributed by atoms with Gasteiger partial charge in [-0.2, -0.15) is 18.2 Å². The minimum Gasteiger partial charge on any atom is -0.344 e. The number of benzene rings is 2. The normalized spacial score (nSPS) is 12.0. The van der Waals surface area contributed by atoms with Gasteiger partial charge in [-0.3, -0.25) is 4.79 Å². The number of nitrogens with zero attached hydrogens (tertiary/aromatic N) is 2. The quantitative estimate of drug-likeness (QED) is 0.652. The fourth-order valence-electron chi connectivity index (χ4n) is 2.36. The number of aromatic nitrogens is 2. The van der Waals surface area contributed by atoms with Crippen LogP contribution in [-0.2, 0) is 28.3 Å². The molecule has 1 amide bonds. The molecule has 0 saturated carbocycles. The number of alkyl halides is 3. The highest BCUT2D eigenvalue weighted by Crippen LogP contribution is 2.29. The second-order valence-corrected chi connectivity index (χ2v) is 7.95. The van der Waals surface area contributed by atoms with Crippen LogP contribution in [0.4, 0.5) is 13.2 Å². The Morgan fingerprint density at radius 1 is 1.03 bits per heavy atom. The van der Waals surface area contributed by atoms with Crippen molar-refractivity contribution in [1.82, 2.24) is 15.5 Å². The lowest BCUT2D eigenvalue weighted by Crippen LogP contribution is -2.23. The van der Waals surface area contributed by atoms with Crippen molar-refractivity contribution in [2.75, 3.05) is 0 Å². The summed E-state index contributed by atoms with van der Waals surface area (Å²) >= 11 is 0. The molecule has 0 bridgehead atoms. The average molecular weight is 425 g/mol. The summed E-state index contributed by atoms with van der Waals surface area (Å²) < 4.78 is 67.0. The van der Waals surface area contributed by atoms with Crippen molar-refractivity contribution < 1.29 is 30.9 Å². The third-order valence-corrected chi connectivity index (χ3v) is 5.45. The molecule has 7 nitrogen and oxygen atoms in total. The van der Waals surface area contributed by atoms with E-state index in [0.717, 1.165) is 12.1 Å². The van der Waals surface area contributed by atoms with Gasteiger partial charge in [0.1, 0.15) is 5.75 Å². The number of carbonyl (C=O) groups is 1. The van der Waals surface area contributed by atoms with E-state index in [1.54, 1.807) is 18.2 Å². The highest BCUT2D eigenvalue weighted by Gasteiger charge is 2.30. The molecule has 0 saturated heterocycles. The van der Waals surface area contributed by atoms with Gasteiger partial charge in [0.2, 0.25) is 0 Å². The van der Waals surface area contributed by atoms with Crippen molar-refractivity contribution in [2.24, 2.45) is 0 Å². The third kappa shape index (κ3) is 5.19. The van der Waals surface area contributed by atoms with Gasteiger partial charge in [-0.1, -0.05) is 35.5 Å². The second kappa shape index (κ2) is 8.03. The van der Waals surface area contributed by atoms with Crippen LogP contribution in [0.25, 0.3) is 0 Å². The molecule has 29 heavy (non-hydrogen) atoms. The summed E-state index contributed by atoms with van der Waals surface area (Å²) in [6.07, 6.45) is -4.44. The Morgan fingerprint density at radius 3 is 2.31 bits per heavy atom. The first-order valence-electron chi connectivity index (χ1n) is 8.20. The Kier molecular flexibility index (Phi) is 5.69. The van der Waals surface area contributed by atoms with Gasteiger partial charge in [-0.05, 0) is 29.8 Å². The summed E-state index contributed by atoms with van der Waals surface area (Å²) in [5.74, 6) is -1.96. The molecule has 1 aromatic heterocycles. The van der Waals surface area contributed by atoms with Gasteiger partial charge >= 0.3 is 18.0 Å². The lowest BCUT2D eigenvalue weighted by Gasteiger charge is -2.07. The number of halogens is 3. The minimum atomic E-state index is -4.44. The Labute approximate surface area is 163 Å². The molecule has 0 radical (unpaired) electrons. The lowest BCUT2D eigenvalue weighted by molar-refractivity contribution is -0.137. The zero-order chi connectivity index (χ0) is 21.1. The molecule has 0 fully saturated rings. The monoisotopic (exact) mass is 425 g/mol. The summed E-state index contributed by atoms with van der Waals surface area (Å²) in [4.78, 5) is 15.9. The Hall–Kier alpha value is -3.21. The molecule has 0 atom stereocenters. The fourth-order valence-corrected chi connectivity index (χ4v) is 3.55. The van der Waals surface area contributed by atoms with Crippen LogP contribution in [0.5, 0.6) is 0 Å². The van der Waals surface area contributed by atoms with Crippen LogP contribution < -0.4 is 5.32 Å². The van der Waals surface area contributed by atoms with E-state index in [1.807, 2.05) is 0 Å². The van der Waals surface area contributed by atoms with Gasteiger partial charge in [-0.15, -0.1) is 0 Å². The third-order valence-electron chi connectivity index (χ3n) is 3.82. The van der Waals surface area contributed by atoms with E-state index < -0.39 is 39.1 Å². The smallest absolute Gasteiger partial charge is 0.344 e. The molecule has 1 heterocycles. The van der Waals surface area contributed by atoms with Crippen molar-refractivity contribution >= 4 is 15.7 Å². The summed E-state index contributed by atoms with van der Waals surface area (Å²) in [7, 11) is -3.71. The zero-order valence-corrected chi connectivity index (χ0v) is 15.5. The van der Waals surface area contributed by atoms with Crippen LogP contribution in [0.2, 0.25) is 0 Å². The Morgan fingerprint density at radius 2 is 1.69 bits per heavy atom. The van der Waals surface area contributed by atoms with Crippen molar-refractivity contribution in [2.45, 2.75) is 23.4 Å². The van der Waals surface area contributed by atoms with Crippen LogP contribution in [0, 0.1) is 0 Å². The molecule has 1 N–H and O–H groups in total. The van der Waals surface area contributed by atoms with E-state index in [0.29, 0.717) is 5.56 Å². The van der Waals surface area contributed by atoms with Gasteiger partial charge in [0.05, 0.1) is 10.5 Å². The second-order valence-electron chi connectivity index (χ2n) is 5.97. The largest absolute Gasteiger partial charge is 0.416 e. The number of rotatable bonds is 6. The lowest BCUT2D eigenvalue weighted by atomic mass is 10.1. The molecule has 0 aliphatic rings. The van der Waals surface area contributed by atoms with Gasteiger partial charge in [0.25, 0.3) is 0 Å². The number of hydrogen-bond donors (Lipinski definition) is 1. The van der Waals surface area contributed by atoms with E-state index in [-0.39, 0.29) is 17.3 Å². The van der Waals surface area contributed by atoms with Gasteiger partial charge in [0.15, 0.2) is 15.7 Å². The number of carbonyl (C=O) groups excluding carboxylic acids is 1. The summed E-state index contributed by atoms with van der Waals surface area (Å²) in [5, 5.41) is 5.91. The number of hydrogen-bond acceptors (Lipinski definition) is 6. The highest BCUT2D eigenvalue weighted by molar-refractivity contribution is 7.90. The van der Waals surface area contributed by atoms with Gasteiger partial charge < -0.3 is 9.84 Å². The maximum Gasteiger partial charge on any atom is 0.416 e. The average Bonchev–Trinajstić information content (AvgIpc) is 3.14. The molecule has 0 aliphatic heterocycles. The molecule has 11 heteroatoms. The molecular weight excluding hydrogens is 411 g/mol. The van der Waals surface area contributed by atoms with Crippen LogP contribution in [0.15, 0.2) is 64.0 Å². The first kappa shape index (κ1) is 20.5. The fraction of sp³-hybridized carbons (Fsp3) is 0.167. The molecule has 3 aromatic rings. The molecule has 3 rings (SSSR count). The predicted molar refractivity (Wildman–Crippen MR) is 94.2 cm³/mol. The number of sulfone groups is 1. The van der Waals surface area contributed by atoms with Crippen molar-refractivity contribution in [3.05, 3.63) is 77.4 Å². The maximum absolute atomic E-state index is 12.5. The first-order chi connectivity index (χ1) is 13.6. The SMILES string of the molecule is O=C(NCc1ccc(C(F)(F)F)cc1)c1nc(CS(=O)(=O)c2ccccc2)no1. The maximum atomic E-state index is 12.5. The summed E-state index contributed by atoms with van der Waals surface area (Å²) in [6, 6.07) is 11.9. The van der Waals surface area contributed by atoms with Crippen LogP contribution in [-0.4, -0.2) is 24.5 Å². The van der Waals surface area contributed by atoms with Crippen molar-refractivity contribution in [1.29, 1.82) is 0 Å². The number of nitrogens with one attached hydrogen (secondary N) is 1. The molecular formula is C18H14F3N3O4S. The molecule has 0 spiro atoms. The molecule has 0 unspecified atom stereocenters. The van der Waals surface area contributed by atoms with Crippen molar-refractivity contribution in [3.63, 3.8) is 0 Å². The minimum absolute atomic E-state index is 0.0724. The van der Waals surface area contributed by atoms with E-state index in [2.05, 4.69) is 15.5 Å². The highest BCUT2D eigenvalue weighted by atomic mass is 32.2. The predicted octanol–water partition coefficient (Wildman–Crippen LogP) is 2.99. The summed E-state index contributed by atoms with van der Waals surface area (Å²) in [6.45, 7) is -0.0724. The van der Waals surface area contributed by atoms with E-state index in [4.69, 9.17) is 4.52 Å². The van der Waals surface area contributed by atoms with E-state index in [9.17, 15) is 26.4 Å². The number of amides is 1. The van der Waals surface area contributed by atoms with Crippen molar-refractivity contribution in [3.8, 4) is 0 Å².